The molecule has 8 nitrogen and oxygen atoms in total. The minimum atomic E-state index is -3.99. The minimum Gasteiger partial charge on any atom is -0.467 e. The first kappa shape index (κ1) is 34.5. The summed E-state index contributed by atoms with van der Waals surface area (Å²) in [6.45, 7) is 4.71. The summed E-state index contributed by atoms with van der Waals surface area (Å²) in [5, 5.41) is 11.0. The van der Waals surface area contributed by atoms with Crippen LogP contribution in [0.25, 0.3) is 0 Å². The fraction of sp³-hybridized carbons (Fsp3) is 0.667. The molecule has 1 saturated heterocycles. The molecule has 2 aliphatic rings. The standard InChI is InChI=1S/C33H50O8S/c1-4-5-6-7-8-10-15-27-28(31(24-29(27)34)41-42(36,37)26-21-19-25(2)20-22-26)16-11-9-12-17-30(33(35)38-3)40-32-18-13-14-23-39-32/h9-11,15,19-22,27-32,34H,4-8,12-14,16-18,23-24H2,1-3H3/b11-9-,15-10+/t27-,28-,29+,30?,31-,32?/m1/s1. The van der Waals surface area contributed by atoms with E-state index >= 15 is 0 Å². The largest absolute Gasteiger partial charge is 0.467 e. The van der Waals surface area contributed by atoms with Crippen LogP contribution >= 0.6 is 0 Å². The number of aliphatic hydroxyl groups is 1. The number of carbonyl (C=O) groups is 1. The Labute approximate surface area is 252 Å². The second-order valence-electron chi connectivity index (χ2n) is 11.5. The molecule has 9 heteroatoms. The Kier molecular flexibility index (Phi) is 14.7. The van der Waals surface area contributed by atoms with Crippen LogP contribution in [0.5, 0.6) is 0 Å². The molecule has 2 unspecified atom stereocenters. The van der Waals surface area contributed by atoms with Crippen LogP contribution in [0.4, 0.5) is 0 Å². The van der Waals surface area contributed by atoms with E-state index in [1.807, 2.05) is 25.2 Å². The van der Waals surface area contributed by atoms with Crippen molar-refractivity contribution in [3.8, 4) is 0 Å². The third-order valence-corrected chi connectivity index (χ3v) is 9.47. The van der Waals surface area contributed by atoms with Crippen molar-refractivity contribution < 1.29 is 36.7 Å². The van der Waals surface area contributed by atoms with Crippen molar-refractivity contribution in [1.29, 1.82) is 0 Å². The van der Waals surface area contributed by atoms with Gasteiger partial charge in [-0.15, -0.1) is 0 Å². The molecule has 0 amide bonds. The number of aliphatic hydroxyl groups excluding tert-OH is 1. The molecule has 236 valence electrons. The maximum atomic E-state index is 13.1. The molecule has 1 aliphatic heterocycles. The van der Waals surface area contributed by atoms with Crippen LogP contribution in [0, 0.1) is 18.8 Å². The maximum absolute atomic E-state index is 13.1. The van der Waals surface area contributed by atoms with Gasteiger partial charge in [0.25, 0.3) is 10.1 Å². The Morgan fingerprint density at radius 1 is 1.10 bits per heavy atom. The highest BCUT2D eigenvalue weighted by atomic mass is 32.2. The number of ether oxygens (including phenoxy) is 3. The summed E-state index contributed by atoms with van der Waals surface area (Å²) in [4.78, 5) is 12.4. The smallest absolute Gasteiger partial charge is 0.335 e. The lowest BCUT2D eigenvalue weighted by Crippen LogP contribution is -2.33. The minimum absolute atomic E-state index is 0.114. The van der Waals surface area contributed by atoms with Crippen LogP contribution < -0.4 is 0 Å². The molecular formula is C33H50O8S. The average molecular weight is 607 g/mol. The number of hydrogen-bond donors (Lipinski definition) is 1. The van der Waals surface area contributed by atoms with Crippen molar-refractivity contribution in [3.05, 3.63) is 54.1 Å². The van der Waals surface area contributed by atoms with E-state index in [9.17, 15) is 18.3 Å². The third-order valence-electron chi connectivity index (χ3n) is 8.12. The fourth-order valence-electron chi connectivity index (χ4n) is 5.65. The van der Waals surface area contributed by atoms with Gasteiger partial charge in [-0.2, -0.15) is 8.42 Å². The predicted molar refractivity (Wildman–Crippen MR) is 162 cm³/mol. The van der Waals surface area contributed by atoms with Crippen LogP contribution in [0.15, 0.2) is 53.5 Å². The summed E-state index contributed by atoms with van der Waals surface area (Å²) >= 11 is 0. The summed E-state index contributed by atoms with van der Waals surface area (Å²) in [6, 6.07) is 6.60. The van der Waals surface area contributed by atoms with Crippen molar-refractivity contribution >= 4 is 16.1 Å². The van der Waals surface area contributed by atoms with E-state index in [0.29, 0.717) is 25.9 Å². The van der Waals surface area contributed by atoms with E-state index in [4.69, 9.17) is 18.4 Å². The number of unbranched alkanes of at least 4 members (excludes halogenated alkanes) is 4. The number of hydrogen-bond acceptors (Lipinski definition) is 8. The highest BCUT2D eigenvalue weighted by Gasteiger charge is 2.43. The van der Waals surface area contributed by atoms with Crippen LogP contribution in [0.2, 0.25) is 0 Å². The predicted octanol–water partition coefficient (Wildman–Crippen LogP) is 6.40. The van der Waals surface area contributed by atoms with Gasteiger partial charge in [0, 0.05) is 18.9 Å². The second-order valence-corrected chi connectivity index (χ2v) is 13.0. The molecule has 0 aromatic heterocycles. The zero-order valence-corrected chi connectivity index (χ0v) is 26.3. The van der Waals surface area contributed by atoms with Gasteiger partial charge in [0.05, 0.1) is 24.2 Å². The molecule has 1 aliphatic carbocycles. The van der Waals surface area contributed by atoms with Gasteiger partial charge < -0.3 is 19.3 Å². The van der Waals surface area contributed by atoms with Crippen LogP contribution in [-0.4, -0.2) is 57.8 Å². The maximum Gasteiger partial charge on any atom is 0.335 e. The summed E-state index contributed by atoms with van der Waals surface area (Å²) in [7, 11) is -2.64. The molecule has 1 N–H and O–H groups in total. The molecule has 42 heavy (non-hydrogen) atoms. The van der Waals surface area contributed by atoms with Crippen molar-refractivity contribution in [2.45, 2.75) is 120 Å². The molecule has 1 aromatic carbocycles. The molecule has 3 rings (SSSR count). The van der Waals surface area contributed by atoms with E-state index in [1.54, 1.807) is 24.3 Å². The lowest BCUT2D eigenvalue weighted by Gasteiger charge is -2.26. The van der Waals surface area contributed by atoms with Gasteiger partial charge in [-0.1, -0.05) is 68.2 Å². The summed E-state index contributed by atoms with van der Waals surface area (Å²) in [6.07, 6.45) is 15.8. The summed E-state index contributed by atoms with van der Waals surface area (Å²) in [5.41, 5.74) is 0.962. The van der Waals surface area contributed by atoms with Gasteiger partial charge in [-0.25, -0.2) is 4.79 Å². The van der Waals surface area contributed by atoms with Crippen LogP contribution in [0.1, 0.15) is 89.5 Å². The van der Waals surface area contributed by atoms with Crippen molar-refractivity contribution in [2.75, 3.05) is 13.7 Å². The third kappa shape index (κ3) is 10.9. The molecular weight excluding hydrogens is 556 g/mol. The first-order valence-corrected chi connectivity index (χ1v) is 17.0. The number of rotatable bonds is 17. The fourth-order valence-corrected chi connectivity index (χ4v) is 6.78. The zero-order chi connectivity index (χ0) is 30.4. The molecule has 1 heterocycles. The SMILES string of the molecule is CCCCCC/C=C/[C@@H]1[C@@H](C/C=C\CCC(OC2CCCCO2)C(=O)OC)[C@H](OS(=O)(=O)c2ccc(C)cc2)C[C@@H]1O. The highest BCUT2D eigenvalue weighted by molar-refractivity contribution is 7.86. The molecule has 1 saturated carbocycles. The normalized spacial score (nSPS) is 25.8. The Morgan fingerprint density at radius 2 is 1.88 bits per heavy atom. The zero-order valence-electron chi connectivity index (χ0n) is 25.5. The Hall–Kier alpha value is -2.04. The molecule has 1 aromatic rings. The van der Waals surface area contributed by atoms with Gasteiger partial charge in [-0.05, 0) is 76.3 Å². The van der Waals surface area contributed by atoms with E-state index in [1.165, 1.54) is 26.4 Å². The highest BCUT2D eigenvalue weighted by Crippen LogP contribution is 2.40. The number of methoxy groups -OCH3 is 1. The van der Waals surface area contributed by atoms with Gasteiger partial charge in [0.1, 0.15) is 0 Å². The Balaban J connectivity index is 1.65. The van der Waals surface area contributed by atoms with Crippen molar-refractivity contribution in [1.82, 2.24) is 0 Å². The van der Waals surface area contributed by atoms with Crippen molar-refractivity contribution in [3.63, 3.8) is 0 Å². The monoisotopic (exact) mass is 606 g/mol. The number of allylic oxidation sites excluding steroid dienone is 3. The Bertz CT molecular complexity index is 1090. The molecule has 0 spiro atoms. The summed E-state index contributed by atoms with van der Waals surface area (Å²) < 4.78 is 48.5. The topological polar surface area (TPSA) is 108 Å². The van der Waals surface area contributed by atoms with Gasteiger partial charge >= 0.3 is 5.97 Å². The number of esters is 1. The average Bonchev–Trinajstić information content (AvgIpc) is 3.26. The van der Waals surface area contributed by atoms with E-state index in [2.05, 4.69) is 13.0 Å². The first-order valence-electron chi connectivity index (χ1n) is 15.6. The summed E-state index contributed by atoms with van der Waals surface area (Å²) in [5.74, 6) is -0.851. The number of benzene rings is 1. The Morgan fingerprint density at radius 3 is 2.57 bits per heavy atom. The molecule has 2 fully saturated rings. The number of carbonyl (C=O) groups excluding carboxylic acids is 1. The quantitative estimate of drug-likeness (QED) is 0.0939. The first-order chi connectivity index (χ1) is 20.2. The van der Waals surface area contributed by atoms with E-state index in [-0.39, 0.29) is 23.2 Å². The van der Waals surface area contributed by atoms with Gasteiger partial charge in [0.15, 0.2) is 12.4 Å². The molecule has 0 radical (unpaired) electrons. The van der Waals surface area contributed by atoms with Gasteiger partial charge in [-0.3, -0.25) is 4.18 Å². The van der Waals surface area contributed by atoms with E-state index < -0.39 is 40.7 Å². The van der Waals surface area contributed by atoms with Gasteiger partial charge in [0.2, 0.25) is 0 Å². The van der Waals surface area contributed by atoms with Crippen LogP contribution in [-0.2, 0) is 33.3 Å². The molecule has 6 atom stereocenters. The van der Waals surface area contributed by atoms with E-state index in [0.717, 1.165) is 37.7 Å². The lowest BCUT2D eigenvalue weighted by atomic mass is 9.89. The van der Waals surface area contributed by atoms with Crippen molar-refractivity contribution in [2.24, 2.45) is 11.8 Å². The molecule has 0 bridgehead atoms. The number of aryl methyl sites for hydroxylation is 1. The van der Waals surface area contributed by atoms with Crippen LogP contribution in [0.3, 0.4) is 0 Å². The lowest BCUT2D eigenvalue weighted by molar-refractivity contribution is -0.203. The second kappa shape index (κ2) is 17.9.